The van der Waals surface area contributed by atoms with Crippen LogP contribution in [0.1, 0.15) is 80.3 Å². The van der Waals surface area contributed by atoms with Crippen molar-refractivity contribution < 1.29 is 23.4 Å². The van der Waals surface area contributed by atoms with Gasteiger partial charge in [0.2, 0.25) is 0 Å². The highest BCUT2D eigenvalue weighted by Crippen LogP contribution is 2.39. The summed E-state index contributed by atoms with van der Waals surface area (Å²) in [7, 11) is 3.30. The van der Waals surface area contributed by atoms with Crippen LogP contribution in [-0.4, -0.2) is 72.2 Å². The molecule has 39 heavy (non-hydrogen) atoms. The van der Waals surface area contributed by atoms with Crippen molar-refractivity contribution in [3.8, 4) is 5.75 Å². The molecule has 2 atom stereocenters. The van der Waals surface area contributed by atoms with E-state index in [1.54, 1.807) is 18.7 Å². The van der Waals surface area contributed by atoms with Gasteiger partial charge < -0.3 is 20.1 Å². The zero-order valence-electron chi connectivity index (χ0n) is 23.6. The Kier molecular flexibility index (Phi) is 9.77. The first-order chi connectivity index (χ1) is 18.7. The molecule has 2 N–H and O–H groups in total. The van der Waals surface area contributed by atoms with E-state index in [1.165, 1.54) is 12.7 Å². The predicted octanol–water partition coefficient (Wildman–Crippen LogP) is 5.39. The Morgan fingerprint density at radius 2 is 2.08 bits per heavy atom. The van der Waals surface area contributed by atoms with Gasteiger partial charge in [0.1, 0.15) is 17.7 Å². The Morgan fingerprint density at radius 1 is 1.28 bits per heavy atom. The number of likely N-dealkylation sites (tertiary alicyclic amines) is 1. The van der Waals surface area contributed by atoms with E-state index in [9.17, 15) is 14.3 Å². The molecule has 214 valence electrons. The maximum absolute atomic E-state index is 15.6. The van der Waals surface area contributed by atoms with Crippen molar-refractivity contribution in [2.45, 2.75) is 76.8 Å². The maximum Gasteiger partial charge on any atom is 0.325 e. The number of aryl methyl sites for hydroxylation is 2. The Morgan fingerprint density at radius 3 is 2.79 bits per heavy atom. The smallest absolute Gasteiger partial charge is 0.325 e. The summed E-state index contributed by atoms with van der Waals surface area (Å²) in [4.78, 5) is 21.2. The van der Waals surface area contributed by atoms with Gasteiger partial charge in [0.05, 0.1) is 12.7 Å². The summed E-state index contributed by atoms with van der Waals surface area (Å²) >= 11 is 0. The maximum atomic E-state index is 15.6. The minimum absolute atomic E-state index is 0.146. The quantitative estimate of drug-likeness (QED) is 0.347. The molecule has 3 heterocycles. The number of ether oxygens (including phenoxy) is 1. The molecule has 0 radical (unpaired) electrons. The summed E-state index contributed by atoms with van der Waals surface area (Å²) in [6, 6.07) is 4.28. The van der Waals surface area contributed by atoms with Gasteiger partial charge in [-0.25, -0.2) is 13.8 Å². The van der Waals surface area contributed by atoms with Gasteiger partial charge in [0, 0.05) is 31.4 Å². The number of anilines is 1. The number of halogens is 2. The van der Waals surface area contributed by atoms with Crippen molar-refractivity contribution in [1.82, 2.24) is 14.8 Å². The fourth-order valence-electron chi connectivity index (χ4n) is 5.88. The molecule has 1 fully saturated rings. The van der Waals surface area contributed by atoms with Gasteiger partial charge in [0.25, 0.3) is 0 Å². The number of likely N-dealkylation sites (N-methyl/N-ethyl adjacent to an activating group) is 1. The molecule has 1 aromatic carbocycles. The van der Waals surface area contributed by atoms with Crippen LogP contribution in [0.25, 0.3) is 0 Å². The van der Waals surface area contributed by atoms with Crippen LogP contribution in [0.15, 0.2) is 18.2 Å². The van der Waals surface area contributed by atoms with Gasteiger partial charge in [-0.05, 0) is 81.3 Å². The first-order valence-corrected chi connectivity index (χ1v) is 14.2. The van der Waals surface area contributed by atoms with E-state index in [0.717, 1.165) is 75.6 Å². The lowest BCUT2D eigenvalue weighted by molar-refractivity contribution is -0.143. The monoisotopic (exact) mass is 544 g/mol. The van der Waals surface area contributed by atoms with E-state index in [2.05, 4.69) is 29.4 Å². The summed E-state index contributed by atoms with van der Waals surface area (Å²) in [5.41, 5.74) is 2.37. The second kappa shape index (κ2) is 13.0. The van der Waals surface area contributed by atoms with Crippen molar-refractivity contribution in [2.75, 3.05) is 45.7 Å². The molecule has 2 aliphatic heterocycles. The van der Waals surface area contributed by atoms with Gasteiger partial charge >= 0.3 is 5.97 Å². The number of hydrogen-bond donors (Lipinski definition) is 2. The average Bonchev–Trinajstić information content (AvgIpc) is 3.39. The molecule has 0 spiro atoms. The summed E-state index contributed by atoms with van der Waals surface area (Å²) in [6.07, 6.45) is 7.15. The number of nitrogens with zero attached hydrogens (tertiary/aromatic N) is 3. The van der Waals surface area contributed by atoms with Crippen LogP contribution in [0.4, 0.5) is 14.6 Å². The number of nitrogens with one attached hydrogen (secondary N) is 1. The van der Waals surface area contributed by atoms with Crippen molar-refractivity contribution in [1.29, 1.82) is 0 Å². The third kappa shape index (κ3) is 6.69. The molecule has 1 aromatic heterocycles. The Hall–Kier alpha value is -2.78. The van der Waals surface area contributed by atoms with Crippen LogP contribution in [0.5, 0.6) is 5.75 Å². The number of rotatable bonds is 12. The number of aliphatic carboxylic acids is 1. The molecule has 0 bridgehead atoms. The van der Waals surface area contributed by atoms with Gasteiger partial charge in [-0.1, -0.05) is 26.3 Å². The molecule has 2 aromatic rings. The number of carboxylic acids is 1. The summed E-state index contributed by atoms with van der Waals surface area (Å²) in [5.74, 6) is -2.22. The zero-order valence-corrected chi connectivity index (χ0v) is 23.6. The van der Waals surface area contributed by atoms with Crippen molar-refractivity contribution in [2.24, 2.45) is 0 Å². The highest BCUT2D eigenvalue weighted by Gasteiger charge is 2.39. The highest BCUT2D eigenvalue weighted by atomic mass is 19.1. The molecule has 7 nitrogen and oxygen atoms in total. The van der Waals surface area contributed by atoms with Crippen LogP contribution in [0, 0.1) is 11.6 Å². The van der Waals surface area contributed by atoms with E-state index < -0.39 is 23.6 Å². The Bertz CT molecular complexity index is 1160. The standard InChI is InChI=1S/C30H42F2N4O3/c1-19(2)23-17-24(31)28(39-4)25(26(23)32)27(30(37)38)36-16-13-22(18-36)35(3)15-7-5-6-10-21-12-11-20-9-8-14-33-29(20)34-21/h11-12,17,19,22,27H,5-10,13-16,18H2,1-4H3,(H,33,34)(H,37,38)/t22-,27?/m1/s1. The van der Waals surface area contributed by atoms with Crippen LogP contribution >= 0.6 is 0 Å². The number of unbranched alkanes of at least 4 members (excludes halogenated alkanes) is 2. The Labute approximate surface area is 230 Å². The van der Waals surface area contributed by atoms with Gasteiger partial charge in [-0.3, -0.25) is 9.69 Å². The van der Waals surface area contributed by atoms with Gasteiger partial charge in [-0.15, -0.1) is 0 Å². The summed E-state index contributed by atoms with van der Waals surface area (Å²) < 4.78 is 35.6. The molecule has 4 rings (SSSR count). The Balaban J connectivity index is 1.32. The first-order valence-electron chi connectivity index (χ1n) is 14.2. The fourth-order valence-corrected chi connectivity index (χ4v) is 5.88. The molecular formula is C30H42F2N4O3. The van der Waals surface area contributed by atoms with Crippen molar-refractivity contribution in [3.05, 3.63) is 52.2 Å². The predicted molar refractivity (Wildman–Crippen MR) is 149 cm³/mol. The van der Waals surface area contributed by atoms with E-state index in [1.807, 2.05) is 0 Å². The van der Waals surface area contributed by atoms with Crippen LogP contribution in [0.2, 0.25) is 0 Å². The molecule has 2 aliphatic rings. The van der Waals surface area contributed by atoms with Gasteiger partial charge in [-0.2, -0.15) is 0 Å². The van der Waals surface area contributed by atoms with Crippen LogP contribution in [0.3, 0.4) is 0 Å². The zero-order chi connectivity index (χ0) is 28.1. The molecule has 0 aliphatic carbocycles. The topological polar surface area (TPSA) is 77.9 Å². The first kappa shape index (κ1) is 29.2. The summed E-state index contributed by atoms with van der Waals surface area (Å²) in [5, 5.41) is 13.5. The fraction of sp³-hybridized carbons (Fsp3) is 0.600. The largest absolute Gasteiger partial charge is 0.493 e. The van der Waals surface area contributed by atoms with E-state index in [4.69, 9.17) is 9.72 Å². The average molecular weight is 545 g/mol. The minimum atomic E-state index is -1.31. The van der Waals surface area contributed by atoms with Crippen LogP contribution in [-0.2, 0) is 17.6 Å². The van der Waals surface area contributed by atoms with Gasteiger partial charge in [0.15, 0.2) is 11.6 Å². The normalized spacial score (nSPS) is 18.3. The van der Waals surface area contributed by atoms with Crippen molar-refractivity contribution >= 4 is 11.8 Å². The lowest BCUT2D eigenvalue weighted by Crippen LogP contribution is -2.38. The highest BCUT2D eigenvalue weighted by molar-refractivity contribution is 5.77. The lowest BCUT2D eigenvalue weighted by Gasteiger charge is -2.29. The molecule has 0 saturated carbocycles. The minimum Gasteiger partial charge on any atom is -0.493 e. The lowest BCUT2D eigenvalue weighted by atomic mass is 9.94. The molecule has 1 unspecified atom stereocenters. The number of methoxy groups -OCH3 is 1. The number of aromatic nitrogens is 1. The number of pyridine rings is 1. The number of carboxylic acid groups (broad SMARTS) is 1. The van der Waals surface area contributed by atoms with E-state index >= 15 is 4.39 Å². The van der Waals surface area contributed by atoms with Crippen molar-refractivity contribution in [3.63, 3.8) is 0 Å². The number of carbonyl (C=O) groups is 1. The summed E-state index contributed by atoms with van der Waals surface area (Å²) in [6.45, 7) is 6.35. The SMILES string of the molecule is COc1c(F)cc(C(C)C)c(F)c1C(C(=O)O)N1CC[C@@H](N(C)CCCCCc2ccc3c(n2)NCCC3)C1. The molecule has 1 saturated heterocycles. The number of fused-ring (bicyclic) bond motifs is 1. The third-order valence-electron chi connectivity index (χ3n) is 8.15. The molecule has 9 heteroatoms. The van der Waals surface area contributed by atoms with E-state index in [0.29, 0.717) is 13.1 Å². The van der Waals surface area contributed by atoms with E-state index in [-0.39, 0.29) is 28.8 Å². The number of hydrogen-bond acceptors (Lipinski definition) is 6. The molecule has 0 amide bonds. The number of benzene rings is 1. The second-order valence-electron chi connectivity index (χ2n) is 11.2. The van der Waals surface area contributed by atoms with Crippen LogP contribution < -0.4 is 10.1 Å². The molecular weight excluding hydrogens is 502 g/mol. The second-order valence-corrected chi connectivity index (χ2v) is 11.2. The third-order valence-corrected chi connectivity index (χ3v) is 8.15.